The maximum Gasteiger partial charge on any atom is 0.00665 e. The summed E-state index contributed by atoms with van der Waals surface area (Å²) in [6.07, 6.45) is 2.52. The second-order valence-electron chi connectivity index (χ2n) is 7.58. The van der Waals surface area contributed by atoms with E-state index in [9.17, 15) is 0 Å². The first-order valence-electron chi connectivity index (χ1n) is 8.11. The molecule has 0 spiro atoms. The van der Waals surface area contributed by atoms with E-state index in [1.807, 2.05) is 0 Å². The highest BCUT2D eigenvalue weighted by molar-refractivity contribution is 4.81. The highest BCUT2D eigenvalue weighted by atomic mass is 15.1. The van der Waals surface area contributed by atoms with Gasteiger partial charge >= 0.3 is 0 Å². The van der Waals surface area contributed by atoms with E-state index in [4.69, 9.17) is 0 Å². The van der Waals surface area contributed by atoms with Crippen LogP contribution in [0.2, 0.25) is 0 Å². The topological polar surface area (TPSA) is 15.3 Å². The SMILES string of the molecule is CCC(C)(CNCC(C)C)CN(C)C(C)CC(C)C. The number of rotatable bonds is 10. The second-order valence-corrected chi connectivity index (χ2v) is 7.58. The Balaban J connectivity index is 4.27. The predicted octanol–water partition coefficient (Wildman–Crippen LogP) is 4.01. The molecule has 0 saturated carbocycles. The summed E-state index contributed by atoms with van der Waals surface area (Å²) < 4.78 is 0. The van der Waals surface area contributed by atoms with Gasteiger partial charge in [0.2, 0.25) is 0 Å². The minimum absolute atomic E-state index is 0.384. The van der Waals surface area contributed by atoms with Crippen molar-refractivity contribution in [3.8, 4) is 0 Å². The molecule has 0 aliphatic heterocycles. The van der Waals surface area contributed by atoms with Crippen LogP contribution in [0.25, 0.3) is 0 Å². The summed E-state index contributed by atoms with van der Waals surface area (Å²) in [5.41, 5.74) is 0.384. The van der Waals surface area contributed by atoms with E-state index < -0.39 is 0 Å². The van der Waals surface area contributed by atoms with E-state index >= 15 is 0 Å². The molecule has 2 heteroatoms. The average Bonchev–Trinajstić information content (AvgIpc) is 2.27. The zero-order valence-electron chi connectivity index (χ0n) is 14.7. The maximum absolute atomic E-state index is 3.63. The monoisotopic (exact) mass is 270 g/mol. The van der Waals surface area contributed by atoms with E-state index in [0.29, 0.717) is 11.5 Å². The van der Waals surface area contributed by atoms with Gasteiger partial charge in [0.15, 0.2) is 0 Å². The number of nitrogens with one attached hydrogen (secondary N) is 1. The van der Waals surface area contributed by atoms with Crippen LogP contribution >= 0.6 is 0 Å². The summed E-state index contributed by atoms with van der Waals surface area (Å²) >= 11 is 0. The van der Waals surface area contributed by atoms with Crippen LogP contribution in [0.1, 0.15) is 61.3 Å². The molecule has 0 bridgehead atoms. The van der Waals surface area contributed by atoms with Crippen molar-refractivity contribution in [1.29, 1.82) is 0 Å². The van der Waals surface area contributed by atoms with E-state index in [1.54, 1.807) is 0 Å². The molecule has 0 saturated heterocycles. The molecular formula is C17H38N2. The molecule has 0 amide bonds. The van der Waals surface area contributed by atoms with Gasteiger partial charge in [-0.05, 0) is 50.6 Å². The van der Waals surface area contributed by atoms with Crippen LogP contribution in [-0.2, 0) is 0 Å². The summed E-state index contributed by atoms with van der Waals surface area (Å²) in [6.45, 7) is 19.7. The molecule has 2 atom stereocenters. The third kappa shape index (κ3) is 8.65. The van der Waals surface area contributed by atoms with E-state index in [2.05, 4.69) is 65.7 Å². The Morgan fingerprint density at radius 2 is 1.63 bits per heavy atom. The summed E-state index contributed by atoms with van der Waals surface area (Å²) in [6, 6.07) is 0.677. The number of hydrogen-bond acceptors (Lipinski definition) is 2. The first kappa shape index (κ1) is 18.9. The Labute approximate surface area is 122 Å². The number of hydrogen-bond donors (Lipinski definition) is 1. The fraction of sp³-hybridized carbons (Fsp3) is 1.00. The average molecular weight is 271 g/mol. The van der Waals surface area contributed by atoms with Gasteiger partial charge in [-0.1, -0.05) is 41.5 Å². The highest BCUT2D eigenvalue weighted by Gasteiger charge is 2.25. The van der Waals surface area contributed by atoms with Gasteiger partial charge in [0.25, 0.3) is 0 Å². The molecule has 0 aromatic rings. The second kappa shape index (κ2) is 8.97. The van der Waals surface area contributed by atoms with Gasteiger partial charge in [0.1, 0.15) is 0 Å². The van der Waals surface area contributed by atoms with Gasteiger partial charge in [-0.2, -0.15) is 0 Å². The molecule has 116 valence electrons. The molecule has 0 fully saturated rings. The molecule has 0 aliphatic carbocycles. The molecule has 0 heterocycles. The van der Waals surface area contributed by atoms with E-state index in [1.165, 1.54) is 19.4 Å². The van der Waals surface area contributed by atoms with Crippen molar-refractivity contribution in [2.24, 2.45) is 17.3 Å². The van der Waals surface area contributed by atoms with Crippen molar-refractivity contribution in [2.45, 2.75) is 67.3 Å². The van der Waals surface area contributed by atoms with E-state index in [-0.39, 0.29) is 0 Å². The van der Waals surface area contributed by atoms with Crippen molar-refractivity contribution in [3.05, 3.63) is 0 Å². The molecule has 0 aromatic heterocycles. The fourth-order valence-corrected chi connectivity index (χ4v) is 2.58. The van der Waals surface area contributed by atoms with Gasteiger partial charge in [-0.25, -0.2) is 0 Å². The Morgan fingerprint density at radius 1 is 1.05 bits per heavy atom. The first-order chi connectivity index (χ1) is 8.70. The van der Waals surface area contributed by atoms with Crippen LogP contribution in [0.15, 0.2) is 0 Å². The third-order valence-electron chi connectivity index (χ3n) is 4.15. The smallest absolute Gasteiger partial charge is 0.00665 e. The molecular weight excluding hydrogens is 232 g/mol. The molecule has 2 unspecified atom stereocenters. The lowest BCUT2D eigenvalue weighted by Crippen LogP contribution is -2.44. The molecule has 0 rings (SSSR count). The van der Waals surface area contributed by atoms with Crippen LogP contribution in [-0.4, -0.2) is 37.6 Å². The summed E-state index contributed by atoms with van der Waals surface area (Å²) in [7, 11) is 2.28. The Kier molecular flexibility index (Phi) is 8.93. The van der Waals surface area contributed by atoms with Crippen molar-refractivity contribution in [2.75, 3.05) is 26.7 Å². The normalized spacial score (nSPS) is 17.2. The lowest BCUT2D eigenvalue weighted by Gasteiger charge is -2.37. The summed E-state index contributed by atoms with van der Waals surface area (Å²) in [4.78, 5) is 2.54. The maximum atomic E-state index is 3.63. The lowest BCUT2D eigenvalue weighted by atomic mass is 9.86. The van der Waals surface area contributed by atoms with E-state index in [0.717, 1.165) is 24.9 Å². The Morgan fingerprint density at radius 3 is 2.05 bits per heavy atom. The quantitative estimate of drug-likeness (QED) is 0.645. The lowest BCUT2D eigenvalue weighted by molar-refractivity contribution is 0.135. The molecule has 2 nitrogen and oxygen atoms in total. The van der Waals surface area contributed by atoms with Gasteiger partial charge in [-0.15, -0.1) is 0 Å². The van der Waals surface area contributed by atoms with Crippen LogP contribution in [0.5, 0.6) is 0 Å². The molecule has 1 N–H and O–H groups in total. The van der Waals surface area contributed by atoms with Crippen molar-refractivity contribution >= 4 is 0 Å². The van der Waals surface area contributed by atoms with Gasteiger partial charge in [0.05, 0.1) is 0 Å². The van der Waals surface area contributed by atoms with Gasteiger partial charge < -0.3 is 10.2 Å². The largest absolute Gasteiger partial charge is 0.316 e. The van der Waals surface area contributed by atoms with Crippen LogP contribution in [0, 0.1) is 17.3 Å². The van der Waals surface area contributed by atoms with Crippen molar-refractivity contribution in [3.63, 3.8) is 0 Å². The summed E-state index contributed by atoms with van der Waals surface area (Å²) in [5.74, 6) is 1.52. The molecule has 19 heavy (non-hydrogen) atoms. The predicted molar refractivity (Wildman–Crippen MR) is 87.7 cm³/mol. The minimum Gasteiger partial charge on any atom is -0.316 e. The van der Waals surface area contributed by atoms with Crippen LogP contribution in [0.3, 0.4) is 0 Å². The van der Waals surface area contributed by atoms with Gasteiger partial charge in [0, 0.05) is 19.1 Å². The Bertz CT molecular complexity index is 225. The van der Waals surface area contributed by atoms with Crippen LogP contribution < -0.4 is 5.32 Å². The summed E-state index contributed by atoms with van der Waals surface area (Å²) in [5, 5.41) is 3.63. The molecule has 0 aliphatic rings. The van der Waals surface area contributed by atoms with Crippen LogP contribution in [0.4, 0.5) is 0 Å². The van der Waals surface area contributed by atoms with Gasteiger partial charge in [-0.3, -0.25) is 0 Å². The minimum atomic E-state index is 0.384. The number of nitrogens with zero attached hydrogens (tertiary/aromatic N) is 1. The first-order valence-corrected chi connectivity index (χ1v) is 8.11. The third-order valence-corrected chi connectivity index (χ3v) is 4.15. The molecule has 0 radical (unpaired) electrons. The highest BCUT2D eigenvalue weighted by Crippen LogP contribution is 2.23. The molecule has 0 aromatic carbocycles. The van der Waals surface area contributed by atoms with Crippen molar-refractivity contribution < 1.29 is 0 Å². The Hall–Kier alpha value is -0.0800. The zero-order valence-corrected chi connectivity index (χ0v) is 14.7. The standard InChI is InChI=1S/C17H38N2/c1-9-17(7,12-18-11-15(4)5)13-19(8)16(6)10-14(2)3/h14-16,18H,9-13H2,1-8H3. The fourth-order valence-electron chi connectivity index (χ4n) is 2.58. The van der Waals surface area contributed by atoms with Crippen molar-refractivity contribution in [1.82, 2.24) is 10.2 Å². The zero-order chi connectivity index (χ0) is 15.1.